The average molecular weight is 956 g/mol. The van der Waals surface area contributed by atoms with Crippen LogP contribution in [0, 0.1) is 0 Å². The van der Waals surface area contributed by atoms with Gasteiger partial charge in [-0.1, -0.05) is 207 Å². The summed E-state index contributed by atoms with van der Waals surface area (Å²) < 4.78 is 34.7. The molecule has 0 aromatic rings. The highest BCUT2D eigenvalue weighted by molar-refractivity contribution is 7.45. The largest absolute Gasteiger partial charge is 0.756 e. The minimum Gasteiger partial charge on any atom is -0.756 e. The van der Waals surface area contributed by atoms with Gasteiger partial charge in [0, 0.05) is 13.0 Å². The number of quaternary nitrogens is 1. The normalized spacial score (nSPS) is 14.3. The first-order valence-electron chi connectivity index (χ1n) is 27.0. The number of hydrogen-bond donors (Lipinski definition) is 0. The zero-order valence-corrected chi connectivity index (χ0v) is 44.7. The van der Waals surface area contributed by atoms with E-state index < -0.39 is 19.9 Å². The summed E-state index contributed by atoms with van der Waals surface area (Å²) >= 11 is 0. The fraction of sp³-hybridized carbons (Fsp3) is 0.707. The summed E-state index contributed by atoms with van der Waals surface area (Å²) in [5, 5.41) is 0. The summed E-state index contributed by atoms with van der Waals surface area (Å²) in [5.41, 5.74) is 0. The molecule has 2 atom stereocenters. The molecule has 0 aromatic heterocycles. The van der Waals surface area contributed by atoms with Crippen LogP contribution >= 0.6 is 7.82 Å². The number of carbonyl (C=O) groups is 1. The molecule has 0 bridgehead atoms. The van der Waals surface area contributed by atoms with Crippen molar-refractivity contribution in [1.29, 1.82) is 0 Å². The Morgan fingerprint density at radius 1 is 0.478 bits per heavy atom. The lowest BCUT2D eigenvalue weighted by molar-refractivity contribution is -0.870. The number of nitrogens with zero attached hydrogens (tertiary/aromatic N) is 1. The summed E-state index contributed by atoms with van der Waals surface area (Å²) in [5.74, 6) is -0.393. The number of rotatable bonds is 49. The van der Waals surface area contributed by atoms with Gasteiger partial charge in [-0.25, -0.2) is 0 Å². The molecule has 9 heteroatoms. The van der Waals surface area contributed by atoms with E-state index in [1.54, 1.807) is 0 Å². The highest BCUT2D eigenvalue weighted by Gasteiger charge is 2.20. The Labute approximate surface area is 413 Å². The number of hydrogen-bond acceptors (Lipinski definition) is 7. The number of esters is 1. The molecule has 0 aliphatic heterocycles. The Kier molecular flexibility index (Phi) is 47.9. The van der Waals surface area contributed by atoms with Crippen molar-refractivity contribution in [1.82, 2.24) is 0 Å². The van der Waals surface area contributed by atoms with Crippen molar-refractivity contribution < 1.29 is 37.3 Å². The number of phosphoric ester groups is 1. The molecular formula is C58H102NO7P. The zero-order valence-electron chi connectivity index (χ0n) is 43.8. The van der Waals surface area contributed by atoms with Gasteiger partial charge in [0.25, 0.3) is 7.82 Å². The Hall–Kier alpha value is -2.58. The predicted molar refractivity (Wildman–Crippen MR) is 286 cm³/mol. The van der Waals surface area contributed by atoms with Crippen molar-refractivity contribution in [2.75, 3.05) is 54.1 Å². The van der Waals surface area contributed by atoms with Crippen LogP contribution in [-0.2, 0) is 27.9 Å². The van der Waals surface area contributed by atoms with E-state index in [1.807, 2.05) is 21.1 Å². The first kappa shape index (κ1) is 64.4. The van der Waals surface area contributed by atoms with E-state index in [0.717, 1.165) is 64.2 Å². The van der Waals surface area contributed by atoms with Crippen molar-refractivity contribution in [3.63, 3.8) is 0 Å². The molecule has 0 N–H and O–H groups in total. The lowest BCUT2D eigenvalue weighted by Gasteiger charge is -2.28. The van der Waals surface area contributed by atoms with Crippen molar-refractivity contribution >= 4 is 13.8 Å². The van der Waals surface area contributed by atoms with Gasteiger partial charge in [0.1, 0.15) is 19.3 Å². The topological polar surface area (TPSA) is 94.1 Å². The molecule has 2 unspecified atom stereocenters. The summed E-state index contributed by atoms with van der Waals surface area (Å²) in [6.07, 6.45) is 68.8. The van der Waals surface area contributed by atoms with Gasteiger partial charge < -0.3 is 27.9 Å². The van der Waals surface area contributed by atoms with E-state index >= 15 is 0 Å². The fourth-order valence-electron chi connectivity index (χ4n) is 7.00. The second-order valence-corrected chi connectivity index (χ2v) is 20.3. The number of unbranched alkanes of at least 4 members (excludes halogenated alkanes) is 19. The predicted octanol–water partition coefficient (Wildman–Crippen LogP) is 16.3. The maximum atomic E-state index is 12.7. The summed E-state index contributed by atoms with van der Waals surface area (Å²) in [6.45, 7) is 5.21. The van der Waals surface area contributed by atoms with Crippen LogP contribution in [0.3, 0.4) is 0 Å². The molecule has 67 heavy (non-hydrogen) atoms. The molecular weight excluding hydrogens is 854 g/mol. The van der Waals surface area contributed by atoms with Crippen LogP contribution in [0.15, 0.2) is 97.2 Å². The number of likely N-dealkylation sites (N-methyl/N-ethyl adjacent to an activating group) is 1. The fourth-order valence-corrected chi connectivity index (χ4v) is 7.73. The summed E-state index contributed by atoms with van der Waals surface area (Å²) in [7, 11) is 1.31. The van der Waals surface area contributed by atoms with Crippen LogP contribution in [0.2, 0.25) is 0 Å². The average Bonchev–Trinajstić information content (AvgIpc) is 3.29. The number of phosphoric acid groups is 1. The van der Waals surface area contributed by atoms with Crippen molar-refractivity contribution in [2.24, 2.45) is 0 Å². The first-order valence-corrected chi connectivity index (χ1v) is 28.4. The Morgan fingerprint density at radius 2 is 0.866 bits per heavy atom. The molecule has 0 amide bonds. The molecule has 386 valence electrons. The molecule has 0 saturated heterocycles. The van der Waals surface area contributed by atoms with E-state index in [1.165, 1.54) is 116 Å². The molecule has 0 heterocycles. The van der Waals surface area contributed by atoms with Gasteiger partial charge in [0.05, 0.1) is 34.4 Å². The molecule has 0 aliphatic rings. The Morgan fingerprint density at radius 3 is 1.31 bits per heavy atom. The van der Waals surface area contributed by atoms with Crippen LogP contribution in [0.25, 0.3) is 0 Å². The van der Waals surface area contributed by atoms with E-state index in [9.17, 15) is 14.3 Å². The van der Waals surface area contributed by atoms with Crippen LogP contribution in [0.1, 0.15) is 206 Å². The third-order valence-corrected chi connectivity index (χ3v) is 12.1. The third kappa shape index (κ3) is 54.2. The van der Waals surface area contributed by atoms with Crippen molar-refractivity contribution in [3.05, 3.63) is 97.2 Å². The second-order valence-electron chi connectivity index (χ2n) is 18.9. The van der Waals surface area contributed by atoms with Gasteiger partial charge in [-0.05, 0) is 89.9 Å². The third-order valence-electron chi connectivity index (χ3n) is 11.1. The maximum Gasteiger partial charge on any atom is 0.306 e. The molecule has 0 fully saturated rings. The van der Waals surface area contributed by atoms with E-state index in [-0.39, 0.29) is 26.2 Å². The monoisotopic (exact) mass is 956 g/mol. The molecule has 0 saturated carbocycles. The Balaban J connectivity index is 4.25. The van der Waals surface area contributed by atoms with Crippen LogP contribution in [0.5, 0.6) is 0 Å². The van der Waals surface area contributed by atoms with Crippen LogP contribution < -0.4 is 4.89 Å². The van der Waals surface area contributed by atoms with Crippen molar-refractivity contribution in [2.45, 2.75) is 213 Å². The number of carbonyl (C=O) groups excluding carboxylic acids is 1. The lowest BCUT2D eigenvalue weighted by atomic mass is 10.1. The van der Waals surface area contributed by atoms with Gasteiger partial charge in [-0.3, -0.25) is 9.36 Å². The van der Waals surface area contributed by atoms with Gasteiger partial charge in [-0.2, -0.15) is 0 Å². The molecule has 0 spiro atoms. The highest BCUT2D eigenvalue weighted by atomic mass is 31.2. The van der Waals surface area contributed by atoms with E-state index in [0.29, 0.717) is 24.1 Å². The maximum absolute atomic E-state index is 12.7. The standard InChI is InChI=1S/C58H102NO7P/c1-6-8-10-12-14-16-18-20-22-24-26-28-30-31-33-35-37-39-41-43-45-47-49-51-58(60)66-57(56-65-67(61,62)64-54-52-59(3,4)5)55-63-53-50-48-46-44-42-40-38-36-34-32-29-27-25-23-21-19-17-15-13-11-9-7-2/h8,10,14,16,20,22,25-28,31,33,37,39,43,45,57H,6-7,9,11-13,15,17-19,21,23-24,29-30,32,34-36,38,40-42,44,46-56H2,1-5H3/b10-8-,16-14-,22-20-,27-25-,28-26-,33-31-,39-37-,45-43-. The first-order chi connectivity index (χ1) is 32.6. The molecule has 0 radical (unpaired) electrons. The second kappa shape index (κ2) is 49.8. The smallest absolute Gasteiger partial charge is 0.306 e. The molecule has 0 aromatic carbocycles. The Bertz CT molecular complexity index is 1390. The zero-order chi connectivity index (χ0) is 49.0. The summed E-state index contributed by atoms with van der Waals surface area (Å²) in [6, 6.07) is 0. The molecule has 0 rings (SSSR count). The minimum atomic E-state index is -4.56. The van der Waals surface area contributed by atoms with E-state index in [4.69, 9.17) is 18.5 Å². The molecule has 0 aliphatic carbocycles. The van der Waals surface area contributed by atoms with Crippen LogP contribution in [0.4, 0.5) is 0 Å². The van der Waals surface area contributed by atoms with Gasteiger partial charge in [-0.15, -0.1) is 0 Å². The van der Waals surface area contributed by atoms with Crippen molar-refractivity contribution in [3.8, 4) is 0 Å². The van der Waals surface area contributed by atoms with Gasteiger partial charge in [0.2, 0.25) is 0 Å². The van der Waals surface area contributed by atoms with Crippen LogP contribution in [-0.4, -0.2) is 70.7 Å². The highest BCUT2D eigenvalue weighted by Crippen LogP contribution is 2.38. The summed E-state index contributed by atoms with van der Waals surface area (Å²) in [4.78, 5) is 25.2. The SMILES string of the molecule is CC/C=C\C/C=C\C/C=C\C/C=C\C/C=C\C/C=C\C/C=C\CCCC(=O)OC(COCCCCCCCCCCCC/C=C\CCCCCCCCCC)COP(=O)([O-])OCC[N+](C)(C)C. The van der Waals surface area contributed by atoms with E-state index in [2.05, 4.69) is 111 Å². The minimum absolute atomic E-state index is 0.0101. The quantitative estimate of drug-likeness (QED) is 0.0197. The molecule has 8 nitrogen and oxygen atoms in total. The van der Waals surface area contributed by atoms with Gasteiger partial charge in [0.15, 0.2) is 0 Å². The lowest BCUT2D eigenvalue weighted by Crippen LogP contribution is -2.37. The number of allylic oxidation sites excluding steroid dienone is 16. The van der Waals surface area contributed by atoms with Gasteiger partial charge >= 0.3 is 5.97 Å². The number of ether oxygens (including phenoxy) is 2.